The van der Waals surface area contributed by atoms with E-state index in [-0.39, 0.29) is 0 Å². The van der Waals surface area contributed by atoms with E-state index < -0.39 is 10.8 Å². The van der Waals surface area contributed by atoms with Gasteiger partial charge in [-0.3, -0.25) is 4.21 Å². The van der Waals surface area contributed by atoms with Crippen LogP contribution in [0.25, 0.3) is 0 Å². The molecule has 4 heteroatoms. The van der Waals surface area contributed by atoms with Crippen molar-refractivity contribution in [3.63, 3.8) is 0 Å². The van der Waals surface area contributed by atoms with Gasteiger partial charge < -0.3 is 9.80 Å². The van der Waals surface area contributed by atoms with Gasteiger partial charge in [-0.25, -0.2) is 0 Å². The van der Waals surface area contributed by atoms with Gasteiger partial charge in [-0.05, 0) is 77.5 Å². The van der Waals surface area contributed by atoms with Crippen molar-refractivity contribution in [2.24, 2.45) is 5.92 Å². The van der Waals surface area contributed by atoms with Crippen molar-refractivity contribution in [3.05, 3.63) is 30.3 Å². The number of likely N-dealkylation sites (tertiary alicyclic amines) is 1. The number of benzene rings is 1. The SMILES string of the molecule is CN(C)CCCC1CCN(CCS(=O)c2ccccc2)CC1. The second-order valence-corrected chi connectivity index (χ2v) is 8.16. The van der Waals surface area contributed by atoms with Gasteiger partial charge in [-0.1, -0.05) is 18.2 Å². The normalized spacial score (nSPS) is 18.7. The van der Waals surface area contributed by atoms with Crippen LogP contribution in [0.5, 0.6) is 0 Å². The number of nitrogens with zero attached hydrogens (tertiary/aromatic N) is 2. The zero-order chi connectivity index (χ0) is 15.8. The Bertz CT molecular complexity index is 442. The quantitative estimate of drug-likeness (QED) is 0.735. The maximum absolute atomic E-state index is 12.2. The van der Waals surface area contributed by atoms with Crippen LogP contribution >= 0.6 is 0 Å². The molecule has 1 saturated heterocycles. The maximum Gasteiger partial charge on any atom is 0.0542 e. The van der Waals surface area contributed by atoms with Gasteiger partial charge in [-0.2, -0.15) is 0 Å². The summed E-state index contributed by atoms with van der Waals surface area (Å²) in [5.41, 5.74) is 0. The van der Waals surface area contributed by atoms with Crippen molar-refractivity contribution >= 4 is 10.8 Å². The second-order valence-electron chi connectivity index (χ2n) is 6.59. The number of hydrogen-bond donors (Lipinski definition) is 0. The van der Waals surface area contributed by atoms with E-state index in [0.717, 1.165) is 23.1 Å². The van der Waals surface area contributed by atoms with Crippen molar-refractivity contribution in [1.29, 1.82) is 0 Å². The van der Waals surface area contributed by atoms with E-state index >= 15 is 0 Å². The van der Waals surface area contributed by atoms with Gasteiger partial charge >= 0.3 is 0 Å². The molecule has 1 fully saturated rings. The first-order valence-electron chi connectivity index (χ1n) is 8.45. The summed E-state index contributed by atoms with van der Waals surface area (Å²) < 4.78 is 12.2. The van der Waals surface area contributed by atoms with Crippen molar-refractivity contribution in [1.82, 2.24) is 9.80 Å². The van der Waals surface area contributed by atoms with E-state index in [2.05, 4.69) is 23.9 Å². The molecule has 1 atom stereocenters. The fourth-order valence-electron chi connectivity index (χ4n) is 3.10. The number of piperidine rings is 1. The van der Waals surface area contributed by atoms with Crippen molar-refractivity contribution < 1.29 is 4.21 Å². The number of hydrogen-bond acceptors (Lipinski definition) is 3. The van der Waals surface area contributed by atoms with Crippen LogP contribution in [-0.2, 0) is 10.8 Å². The van der Waals surface area contributed by atoms with Gasteiger partial charge in [0.05, 0.1) is 10.8 Å². The highest BCUT2D eigenvalue weighted by atomic mass is 32.2. The topological polar surface area (TPSA) is 23.6 Å². The molecule has 3 nitrogen and oxygen atoms in total. The predicted octanol–water partition coefficient (Wildman–Crippen LogP) is 2.85. The maximum atomic E-state index is 12.2. The van der Waals surface area contributed by atoms with Crippen LogP contribution in [0.3, 0.4) is 0 Å². The smallest absolute Gasteiger partial charge is 0.0542 e. The lowest BCUT2D eigenvalue weighted by atomic mass is 9.92. The fraction of sp³-hybridized carbons (Fsp3) is 0.667. The Labute approximate surface area is 138 Å². The van der Waals surface area contributed by atoms with E-state index in [0.29, 0.717) is 0 Å². The van der Waals surface area contributed by atoms with E-state index in [1.165, 1.54) is 45.3 Å². The van der Waals surface area contributed by atoms with Gasteiger partial charge in [0.15, 0.2) is 0 Å². The highest BCUT2D eigenvalue weighted by Gasteiger charge is 2.19. The highest BCUT2D eigenvalue weighted by Crippen LogP contribution is 2.22. The molecule has 0 radical (unpaired) electrons. The molecule has 0 saturated carbocycles. The standard InChI is InChI=1S/C18H30N2OS/c1-19(2)12-6-7-17-10-13-20(14-11-17)15-16-22(21)18-8-4-3-5-9-18/h3-5,8-9,17H,6-7,10-16H2,1-2H3. The molecule has 1 unspecified atom stereocenters. The van der Waals surface area contributed by atoms with Crippen LogP contribution in [0.4, 0.5) is 0 Å². The molecule has 124 valence electrons. The monoisotopic (exact) mass is 322 g/mol. The summed E-state index contributed by atoms with van der Waals surface area (Å²) in [4.78, 5) is 5.72. The number of rotatable bonds is 8. The van der Waals surface area contributed by atoms with Gasteiger partial charge in [0.25, 0.3) is 0 Å². The van der Waals surface area contributed by atoms with Crippen molar-refractivity contribution in [2.45, 2.75) is 30.6 Å². The molecular weight excluding hydrogens is 292 g/mol. The first kappa shape index (κ1) is 17.6. The van der Waals surface area contributed by atoms with Crippen molar-refractivity contribution in [2.75, 3.05) is 46.0 Å². The fourth-order valence-corrected chi connectivity index (χ4v) is 4.22. The van der Waals surface area contributed by atoms with Gasteiger partial charge in [0, 0.05) is 17.2 Å². The van der Waals surface area contributed by atoms with Crippen LogP contribution < -0.4 is 0 Å². The Morgan fingerprint density at radius 2 is 1.86 bits per heavy atom. The van der Waals surface area contributed by atoms with Gasteiger partial charge in [0.1, 0.15) is 0 Å². The summed E-state index contributed by atoms with van der Waals surface area (Å²) >= 11 is 0. The highest BCUT2D eigenvalue weighted by molar-refractivity contribution is 7.85. The summed E-state index contributed by atoms with van der Waals surface area (Å²) in [6, 6.07) is 9.83. The first-order chi connectivity index (χ1) is 10.6. The molecule has 0 aromatic heterocycles. The lowest BCUT2D eigenvalue weighted by Crippen LogP contribution is -2.36. The van der Waals surface area contributed by atoms with Crippen molar-refractivity contribution in [3.8, 4) is 0 Å². The van der Waals surface area contributed by atoms with Crippen LogP contribution in [0.2, 0.25) is 0 Å². The molecule has 0 amide bonds. The third-order valence-electron chi connectivity index (χ3n) is 4.52. The third-order valence-corrected chi connectivity index (χ3v) is 5.88. The minimum atomic E-state index is -0.851. The summed E-state index contributed by atoms with van der Waals surface area (Å²) in [5.74, 6) is 1.66. The van der Waals surface area contributed by atoms with Gasteiger partial charge in [0.2, 0.25) is 0 Å². The van der Waals surface area contributed by atoms with Crippen LogP contribution in [0.15, 0.2) is 35.2 Å². The Morgan fingerprint density at radius 3 is 2.50 bits per heavy atom. The summed E-state index contributed by atoms with van der Waals surface area (Å²) in [5, 5.41) is 0. The Kier molecular flexibility index (Phi) is 7.56. The molecule has 1 aromatic rings. The minimum Gasteiger partial charge on any atom is -0.309 e. The van der Waals surface area contributed by atoms with Crippen LogP contribution in [0, 0.1) is 5.92 Å². The van der Waals surface area contributed by atoms with E-state index in [1.807, 2.05) is 30.3 Å². The molecule has 1 aliphatic heterocycles. The predicted molar refractivity (Wildman–Crippen MR) is 94.7 cm³/mol. The van der Waals surface area contributed by atoms with Crippen LogP contribution in [0.1, 0.15) is 25.7 Å². The molecule has 0 aliphatic carbocycles. The molecule has 1 heterocycles. The molecule has 1 aromatic carbocycles. The summed E-state index contributed by atoms with van der Waals surface area (Å²) in [7, 11) is 3.45. The molecular formula is C18H30N2OS. The lowest BCUT2D eigenvalue weighted by Gasteiger charge is -2.32. The Morgan fingerprint density at radius 1 is 1.18 bits per heavy atom. The minimum absolute atomic E-state index is 0.759. The average Bonchev–Trinajstić information content (AvgIpc) is 2.54. The van der Waals surface area contributed by atoms with Gasteiger partial charge in [-0.15, -0.1) is 0 Å². The summed E-state index contributed by atoms with van der Waals surface area (Å²) in [6.07, 6.45) is 5.30. The molecule has 0 N–H and O–H groups in total. The Hall–Kier alpha value is -0.710. The third kappa shape index (κ3) is 6.19. The molecule has 0 spiro atoms. The zero-order valence-electron chi connectivity index (χ0n) is 14.0. The average molecular weight is 323 g/mol. The van der Waals surface area contributed by atoms with E-state index in [4.69, 9.17) is 0 Å². The van der Waals surface area contributed by atoms with E-state index in [1.54, 1.807) is 0 Å². The largest absolute Gasteiger partial charge is 0.309 e. The molecule has 0 bridgehead atoms. The Balaban J connectivity index is 1.62. The van der Waals surface area contributed by atoms with Crippen LogP contribution in [-0.4, -0.2) is 60.0 Å². The first-order valence-corrected chi connectivity index (χ1v) is 9.77. The summed E-state index contributed by atoms with van der Waals surface area (Å²) in [6.45, 7) is 4.53. The zero-order valence-corrected chi connectivity index (χ0v) is 14.9. The lowest BCUT2D eigenvalue weighted by molar-refractivity contribution is 0.183. The molecule has 1 aliphatic rings. The molecule has 22 heavy (non-hydrogen) atoms. The molecule has 2 rings (SSSR count). The van der Waals surface area contributed by atoms with E-state index in [9.17, 15) is 4.21 Å². The second kappa shape index (κ2) is 9.43.